The second kappa shape index (κ2) is 9.84. The minimum Gasteiger partial charge on any atom is -0.334 e. The molecular weight excluding hydrogens is 256 g/mol. The van der Waals surface area contributed by atoms with Gasteiger partial charge in [-0.1, -0.05) is 44.5 Å². The van der Waals surface area contributed by atoms with Crippen molar-refractivity contribution in [3.05, 3.63) is 30.1 Å². The van der Waals surface area contributed by atoms with Crippen LogP contribution in [-0.2, 0) is 5.75 Å². The van der Waals surface area contributed by atoms with E-state index in [1.54, 1.807) is 6.20 Å². The Morgan fingerprint density at radius 3 is 2.47 bits per heavy atom. The highest BCUT2D eigenvalue weighted by atomic mass is 32.2. The van der Waals surface area contributed by atoms with Crippen molar-refractivity contribution in [2.75, 3.05) is 13.1 Å². The van der Waals surface area contributed by atoms with E-state index < -0.39 is 0 Å². The molecule has 0 unspecified atom stereocenters. The molecule has 0 atom stereocenters. The van der Waals surface area contributed by atoms with Gasteiger partial charge in [0.15, 0.2) is 0 Å². The van der Waals surface area contributed by atoms with Gasteiger partial charge in [0.05, 0.1) is 0 Å². The highest BCUT2D eigenvalue weighted by molar-refractivity contribution is 8.12. The van der Waals surface area contributed by atoms with Crippen LogP contribution in [0.4, 0.5) is 4.79 Å². The molecule has 0 aliphatic heterocycles. The molecule has 0 aliphatic rings. The standard InChI is InChI=1S/C15H24N2OS/c1-3-5-10-17(11-6-4-2)15(18)19-13-14-8-7-9-16-12-14/h7-9,12H,3-6,10-11,13H2,1-2H3. The molecule has 106 valence electrons. The Kier molecular flexibility index (Phi) is 8.30. The van der Waals surface area contributed by atoms with Crippen LogP contribution < -0.4 is 0 Å². The van der Waals surface area contributed by atoms with Gasteiger partial charge in [-0.05, 0) is 24.5 Å². The number of carbonyl (C=O) groups excluding carboxylic acids is 1. The van der Waals surface area contributed by atoms with Crippen molar-refractivity contribution in [1.29, 1.82) is 0 Å². The van der Waals surface area contributed by atoms with Crippen molar-refractivity contribution in [3.8, 4) is 0 Å². The summed E-state index contributed by atoms with van der Waals surface area (Å²) in [6.45, 7) is 6.08. The molecule has 0 aliphatic carbocycles. The lowest BCUT2D eigenvalue weighted by molar-refractivity contribution is 0.221. The van der Waals surface area contributed by atoms with E-state index in [0.717, 1.165) is 44.3 Å². The molecule has 1 aromatic heterocycles. The second-order valence-corrected chi connectivity index (χ2v) is 5.54. The summed E-state index contributed by atoms with van der Waals surface area (Å²) < 4.78 is 0. The molecule has 1 heterocycles. The van der Waals surface area contributed by atoms with Crippen molar-refractivity contribution >= 4 is 17.0 Å². The molecule has 19 heavy (non-hydrogen) atoms. The van der Waals surface area contributed by atoms with Gasteiger partial charge in [0.2, 0.25) is 0 Å². The fourth-order valence-electron chi connectivity index (χ4n) is 1.71. The maximum absolute atomic E-state index is 12.2. The Bertz CT molecular complexity index is 348. The van der Waals surface area contributed by atoms with Crippen LogP contribution in [0, 0.1) is 0 Å². The fourth-order valence-corrected chi connectivity index (χ4v) is 2.54. The third-order valence-corrected chi connectivity index (χ3v) is 3.89. The second-order valence-electron chi connectivity index (χ2n) is 4.61. The maximum Gasteiger partial charge on any atom is 0.281 e. The number of nitrogens with zero attached hydrogens (tertiary/aromatic N) is 2. The van der Waals surface area contributed by atoms with Crippen molar-refractivity contribution in [2.45, 2.75) is 45.3 Å². The normalized spacial score (nSPS) is 10.4. The summed E-state index contributed by atoms with van der Waals surface area (Å²) >= 11 is 1.39. The number of carbonyl (C=O) groups is 1. The van der Waals surface area contributed by atoms with Crippen LogP contribution in [0.25, 0.3) is 0 Å². The Morgan fingerprint density at radius 1 is 1.26 bits per heavy atom. The van der Waals surface area contributed by atoms with Crippen molar-refractivity contribution in [1.82, 2.24) is 9.88 Å². The Morgan fingerprint density at radius 2 is 1.95 bits per heavy atom. The first-order valence-electron chi connectivity index (χ1n) is 7.08. The van der Waals surface area contributed by atoms with E-state index in [4.69, 9.17) is 0 Å². The molecule has 0 spiro atoms. The minimum absolute atomic E-state index is 0.200. The number of hydrogen-bond donors (Lipinski definition) is 0. The SMILES string of the molecule is CCCCN(CCCC)C(=O)SCc1cccnc1. The van der Waals surface area contributed by atoms with Crippen LogP contribution in [0.1, 0.15) is 45.1 Å². The summed E-state index contributed by atoms with van der Waals surface area (Å²) in [5.41, 5.74) is 1.10. The average Bonchev–Trinajstić information content (AvgIpc) is 2.46. The summed E-state index contributed by atoms with van der Waals surface area (Å²) in [4.78, 5) is 18.3. The van der Waals surface area contributed by atoms with Gasteiger partial charge in [0, 0.05) is 31.2 Å². The predicted octanol–water partition coefficient (Wildman–Crippen LogP) is 4.34. The zero-order valence-electron chi connectivity index (χ0n) is 12.0. The number of amides is 1. The van der Waals surface area contributed by atoms with E-state index in [1.165, 1.54) is 11.8 Å². The van der Waals surface area contributed by atoms with Gasteiger partial charge >= 0.3 is 0 Å². The van der Waals surface area contributed by atoms with Gasteiger partial charge in [0.25, 0.3) is 5.24 Å². The van der Waals surface area contributed by atoms with Gasteiger partial charge in [-0.2, -0.15) is 0 Å². The van der Waals surface area contributed by atoms with Gasteiger partial charge in [-0.15, -0.1) is 0 Å². The van der Waals surface area contributed by atoms with E-state index in [-0.39, 0.29) is 5.24 Å². The molecule has 0 radical (unpaired) electrons. The van der Waals surface area contributed by atoms with Crippen molar-refractivity contribution in [3.63, 3.8) is 0 Å². The Hall–Kier alpha value is -1.03. The highest BCUT2D eigenvalue weighted by Gasteiger charge is 2.13. The fraction of sp³-hybridized carbons (Fsp3) is 0.600. The number of aromatic nitrogens is 1. The zero-order chi connectivity index (χ0) is 13.9. The Balaban J connectivity index is 2.41. The first kappa shape index (κ1) is 16.0. The number of thioether (sulfide) groups is 1. The summed E-state index contributed by atoms with van der Waals surface area (Å²) in [6.07, 6.45) is 8.01. The number of unbranched alkanes of at least 4 members (excludes halogenated alkanes) is 2. The summed E-state index contributed by atoms with van der Waals surface area (Å²) in [5.74, 6) is 0.710. The topological polar surface area (TPSA) is 33.2 Å². The number of pyridine rings is 1. The van der Waals surface area contributed by atoms with Crippen LogP contribution in [0.5, 0.6) is 0 Å². The molecule has 0 aromatic carbocycles. The highest BCUT2D eigenvalue weighted by Crippen LogP contribution is 2.16. The molecule has 0 saturated heterocycles. The third-order valence-electron chi connectivity index (χ3n) is 2.91. The lowest BCUT2D eigenvalue weighted by atomic mass is 10.3. The van der Waals surface area contributed by atoms with E-state index in [2.05, 4.69) is 18.8 Å². The molecule has 3 nitrogen and oxygen atoms in total. The monoisotopic (exact) mass is 280 g/mol. The number of rotatable bonds is 8. The first-order valence-corrected chi connectivity index (χ1v) is 8.07. The Labute approximate surface area is 120 Å². The maximum atomic E-state index is 12.2. The van der Waals surface area contributed by atoms with Gasteiger partial charge in [-0.3, -0.25) is 9.78 Å². The zero-order valence-corrected chi connectivity index (χ0v) is 12.8. The van der Waals surface area contributed by atoms with Crippen LogP contribution in [0.2, 0.25) is 0 Å². The molecule has 0 bridgehead atoms. The molecule has 0 saturated carbocycles. The quantitative estimate of drug-likeness (QED) is 0.710. The molecular formula is C15H24N2OS. The molecule has 4 heteroatoms. The molecule has 1 rings (SSSR count). The minimum atomic E-state index is 0.200. The predicted molar refractivity (Wildman–Crippen MR) is 82.3 cm³/mol. The van der Waals surface area contributed by atoms with Crippen LogP contribution >= 0.6 is 11.8 Å². The van der Waals surface area contributed by atoms with E-state index in [9.17, 15) is 4.79 Å². The van der Waals surface area contributed by atoms with Crippen molar-refractivity contribution in [2.24, 2.45) is 0 Å². The largest absolute Gasteiger partial charge is 0.334 e. The first-order chi connectivity index (χ1) is 9.27. The molecule has 1 amide bonds. The van der Waals surface area contributed by atoms with E-state index in [0.29, 0.717) is 5.75 Å². The summed E-state index contributed by atoms with van der Waals surface area (Å²) in [6, 6.07) is 3.92. The smallest absolute Gasteiger partial charge is 0.281 e. The van der Waals surface area contributed by atoms with Crippen LogP contribution in [-0.4, -0.2) is 28.2 Å². The van der Waals surface area contributed by atoms with E-state index in [1.807, 2.05) is 23.2 Å². The van der Waals surface area contributed by atoms with Gasteiger partial charge < -0.3 is 4.90 Å². The molecule has 0 N–H and O–H groups in total. The molecule has 0 fully saturated rings. The third kappa shape index (κ3) is 6.62. The van der Waals surface area contributed by atoms with Crippen molar-refractivity contribution < 1.29 is 4.79 Å². The van der Waals surface area contributed by atoms with E-state index >= 15 is 0 Å². The van der Waals surface area contributed by atoms with Crippen LogP contribution in [0.15, 0.2) is 24.5 Å². The lowest BCUT2D eigenvalue weighted by Crippen LogP contribution is -2.29. The lowest BCUT2D eigenvalue weighted by Gasteiger charge is -2.21. The van der Waals surface area contributed by atoms with Gasteiger partial charge in [-0.25, -0.2) is 0 Å². The van der Waals surface area contributed by atoms with Crippen LogP contribution in [0.3, 0.4) is 0 Å². The summed E-state index contributed by atoms with van der Waals surface area (Å²) in [7, 11) is 0. The average molecular weight is 280 g/mol. The number of hydrogen-bond acceptors (Lipinski definition) is 3. The molecule has 1 aromatic rings. The van der Waals surface area contributed by atoms with Gasteiger partial charge in [0.1, 0.15) is 0 Å². The summed E-state index contributed by atoms with van der Waals surface area (Å²) in [5, 5.41) is 0.200.